The van der Waals surface area contributed by atoms with Gasteiger partial charge in [-0.1, -0.05) is 0 Å². The quantitative estimate of drug-likeness (QED) is 0.834. The van der Waals surface area contributed by atoms with E-state index in [0.29, 0.717) is 35.8 Å². The average molecular weight is 253 g/mol. The van der Waals surface area contributed by atoms with E-state index in [9.17, 15) is 9.18 Å². The molecule has 1 heterocycles. The van der Waals surface area contributed by atoms with Gasteiger partial charge in [0.05, 0.1) is 5.56 Å². The number of carbonyl (C=O) groups excluding carboxylic acids is 1. The number of rotatable bonds is 4. The first kappa shape index (κ1) is 12.8. The SMILES string of the molecule is CC(F)c1cc2c(c(C(=O)CCN)c1)OCCO2. The standard InChI is InChI=1S/C13H16FNO3/c1-8(14)9-6-10(11(16)2-3-15)13-12(7-9)17-4-5-18-13/h6-8H,2-5,15H2,1H3. The van der Waals surface area contributed by atoms with E-state index in [2.05, 4.69) is 0 Å². The summed E-state index contributed by atoms with van der Waals surface area (Å²) in [6, 6.07) is 3.11. The van der Waals surface area contributed by atoms with Crippen molar-refractivity contribution >= 4 is 5.78 Å². The number of nitrogens with two attached hydrogens (primary N) is 1. The Balaban J connectivity index is 2.47. The van der Waals surface area contributed by atoms with Crippen LogP contribution in [0, 0.1) is 0 Å². The minimum Gasteiger partial charge on any atom is -0.486 e. The Bertz CT molecular complexity index is 460. The molecular weight excluding hydrogens is 237 g/mol. The Morgan fingerprint density at radius 1 is 1.44 bits per heavy atom. The summed E-state index contributed by atoms with van der Waals surface area (Å²) < 4.78 is 24.3. The van der Waals surface area contributed by atoms with Gasteiger partial charge in [-0.3, -0.25) is 4.79 Å². The number of ketones is 1. The Labute approximate surface area is 105 Å². The highest BCUT2D eigenvalue weighted by atomic mass is 19.1. The summed E-state index contributed by atoms with van der Waals surface area (Å²) in [4.78, 5) is 12.0. The molecule has 98 valence electrons. The number of halogens is 1. The molecule has 0 aliphatic carbocycles. The summed E-state index contributed by atoms with van der Waals surface area (Å²) in [5.74, 6) is 0.689. The molecule has 0 aromatic heterocycles. The largest absolute Gasteiger partial charge is 0.486 e. The highest BCUT2D eigenvalue weighted by molar-refractivity contribution is 6.00. The van der Waals surface area contributed by atoms with E-state index in [0.717, 1.165) is 0 Å². The van der Waals surface area contributed by atoms with Crippen LogP contribution in [-0.4, -0.2) is 25.5 Å². The third-order valence-corrected chi connectivity index (χ3v) is 2.80. The molecule has 1 aliphatic heterocycles. The highest BCUT2D eigenvalue weighted by Crippen LogP contribution is 2.37. The molecular formula is C13H16FNO3. The zero-order valence-electron chi connectivity index (χ0n) is 10.2. The lowest BCUT2D eigenvalue weighted by molar-refractivity contribution is 0.0974. The van der Waals surface area contributed by atoms with E-state index in [1.807, 2.05) is 0 Å². The summed E-state index contributed by atoms with van der Waals surface area (Å²) in [5.41, 5.74) is 6.15. The molecule has 1 aliphatic rings. The van der Waals surface area contributed by atoms with Crippen molar-refractivity contribution in [3.63, 3.8) is 0 Å². The van der Waals surface area contributed by atoms with Gasteiger partial charge in [-0.05, 0) is 31.2 Å². The topological polar surface area (TPSA) is 61.6 Å². The van der Waals surface area contributed by atoms with Crippen LogP contribution >= 0.6 is 0 Å². The van der Waals surface area contributed by atoms with Gasteiger partial charge >= 0.3 is 0 Å². The van der Waals surface area contributed by atoms with E-state index >= 15 is 0 Å². The Hall–Kier alpha value is -1.62. The maximum atomic E-state index is 13.4. The molecule has 2 N–H and O–H groups in total. The van der Waals surface area contributed by atoms with Gasteiger partial charge in [0.1, 0.15) is 19.4 Å². The molecule has 4 nitrogen and oxygen atoms in total. The third kappa shape index (κ3) is 2.46. The second-order valence-electron chi connectivity index (χ2n) is 4.17. The second-order valence-corrected chi connectivity index (χ2v) is 4.17. The van der Waals surface area contributed by atoms with Gasteiger partial charge in [-0.2, -0.15) is 0 Å². The van der Waals surface area contributed by atoms with Crippen LogP contribution in [0.15, 0.2) is 12.1 Å². The minimum absolute atomic E-state index is 0.151. The van der Waals surface area contributed by atoms with Crippen molar-refractivity contribution in [3.05, 3.63) is 23.3 Å². The van der Waals surface area contributed by atoms with Crippen molar-refractivity contribution in [2.45, 2.75) is 19.5 Å². The van der Waals surface area contributed by atoms with Crippen LogP contribution in [-0.2, 0) is 0 Å². The van der Waals surface area contributed by atoms with Crippen LogP contribution in [0.4, 0.5) is 4.39 Å². The second kappa shape index (κ2) is 5.35. The normalized spacial score (nSPS) is 15.3. The highest BCUT2D eigenvalue weighted by Gasteiger charge is 2.23. The fourth-order valence-electron chi connectivity index (χ4n) is 1.88. The van der Waals surface area contributed by atoms with Crippen LogP contribution in [0.2, 0.25) is 0 Å². The Morgan fingerprint density at radius 2 is 2.17 bits per heavy atom. The van der Waals surface area contributed by atoms with E-state index < -0.39 is 6.17 Å². The molecule has 0 radical (unpaired) electrons. The van der Waals surface area contributed by atoms with Gasteiger partial charge in [0.25, 0.3) is 0 Å². The van der Waals surface area contributed by atoms with Crippen LogP contribution in [0.25, 0.3) is 0 Å². The van der Waals surface area contributed by atoms with Crippen LogP contribution in [0.1, 0.15) is 35.4 Å². The molecule has 1 unspecified atom stereocenters. The van der Waals surface area contributed by atoms with Crippen molar-refractivity contribution in [2.75, 3.05) is 19.8 Å². The van der Waals surface area contributed by atoms with E-state index in [1.165, 1.54) is 13.0 Å². The summed E-state index contributed by atoms with van der Waals surface area (Å²) in [7, 11) is 0. The first-order valence-corrected chi connectivity index (χ1v) is 5.94. The lowest BCUT2D eigenvalue weighted by atomic mass is 10.0. The molecule has 1 aromatic carbocycles. The molecule has 1 aromatic rings. The van der Waals surface area contributed by atoms with Crippen LogP contribution in [0.3, 0.4) is 0 Å². The number of carbonyl (C=O) groups is 1. The van der Waals surface area contributed by atoms with E-state index in [-0.39, 0.29) is 18.7 Å². The first-order valence-electron chi connectivity index (χ1n) is 5.94. The lowest BCUT2D eigenvalue weighted by Gasteiger charge is -2.22. The van der Waals surface area contributed by atoms with E-state index in [1.54, 1.807) is 6.07 Å². The van der Waals surface area contributed by atoms with Gasteiger partial charge < -0.3 is 15.2 Å². The maximum Gasteiger partial charge on any atom is 0.172 e. The number of benzene rings is 1. The number of fused-ring (bicyclic) bond motifs is 1. The van der Waals surface area contributed by atoms with Crippen molar-refractivity contribution in [1.29, 1.82) is 0 Å². The number of ether oxygens (including phenoxy) is 2. The molecule has 5 heteroatoms. The van der Waals surface area contributed by atoms with Crippen molar-refractivity contribution in [2.24, 2.45) is 5.73 Å². The monoisotopic (exact) mass is 253 g/mol. The van der Waals surface area contributed by atoms with Gasteiger partial charge in [-0.15, -0.1) is 0 Å². The number of hydrogen-bond donors (Lipinski definition) is 1. The lowest BCUT2D eigenvalue weighted by Crippen LogP contribution is -2.19. The van der Waals surface area contributed by atoms with Crippen molar-refractivity contribution in [1.82, 2.24) is 0 Å². The van der Waals surface area contributed by atoms with Crippen LogP contribution in [0.5, 0.6) is 11.5 Å². The Kier molecular flexibility index (Phi) is 3.81. The third-order valence-electron chi connectivity index (χ3n) is 2.80. The van der Waals surface area contributed by atoms with Gasteiger partial charge in [-0.25, -0.2) is 4.39 Å². The molecule has 0 bridgehead atoms. The molecule has 0 fully saturated rings. The molecule has 2 rings (SSSR count). The number of alkyl halides is 1. The average Bonchev–Trinajstić information content (AvgIpc) is 2.37. The maximum absolute atomic E-state index is 13.4. The van der Waals surface area contributed by atoms with Gasteiger partial charge in [0, 0.05) is 6.42 Å². The molecule has 1 atom stereocenters. The molecule has 0 saturated carbocycles. The summed E-state index contributed by atoms with van der Waals surface area (Å²) in [5, 5.41) is 0. The molecule has 0 amide bonds. The number of hydrogen-bond acceptors (Lipinski definition) is 4. The van der Waals surface area contributed by atoms with E-state index in [4.69, 9.17) is 15.2 Å². The Morgan fingerprint density at radius 3 is 2.83 bits per heavy atom. The predicted octanol–water partition coefficient (Wildman–Crippen LogP) is 2.02. The molecule has 0 saturated heterocycles. The fourth-order valence-corrected chi connectivity index (χ4v) is 1.88. The van der Waals surface area contributed by atoms with Crippen molar-refractivity contribution < 1.29 is 18.7 Å². The zero-order chi connectivity index (χ0) is 13.1. The number of Topliss-reactive ketones (excluding diaryl/α,β-unsaturated/α-hetero) is 1. The smallest absolute Gasteiger partial charge is 0.172 e. The van der Waals surface area contributed by atoms with Crippen LogP contribution < -0.4 is 15.2 Å². The first-order chi connectivity index (χ1) is 8.63. The zero-order valence-corrected chi connectivity index (χ0v) is 10.2. The summed E-state index contributed by atoms with van der Waals surface area (Å²) >= 11 is 0. The molecule has 0 spiro atoms. The predicted molar refractivity (Wildman–Crippen MR) is 65.0 cm³/mol. The minimum atomic E-state index is -1.16. The summed E-state index contributed by atoms with van der Waals surface area (Å²) in [6.07, 6.45) is -0.954. The van der Waals surface area contributed by atoms with Gasteiger partial charge in [0.15, 0.2) is 17.3 Å². The fraction of sp³-hybridized carbons (Fsp3) is 0.462. The van der Waals surface area contributed by atoms with Crippen molar-refractivity contribution in [3.8, 4) is 11.5 Å². The molecule has 18 heavy (non-hydrogen) atoms. The van der Waals surface area contributed by atoms with Gasteiger partial charge in [0.2, 0.25) is 0 Å². The summed E-state index contributed by atoms with van der Waals surface area (Å²) in [6.45, 7) is 2.47.